The second-order valence-electron chi connectivity index (χ2n) is 5.23. The number of nitrogens with one attached hydrogen (secondary N) is 1. The van der Waals surface area contributed by atoms with Crippen LogP contribution in [0.3, 0.4) is 0 Å². The lowest BCUT2D eigenvalue weighted by Crippen LogP contribution is -2.28. The molecule has 0 spiro atoms. The molecule has 21 heavy (non-hydrogen) atoms. The minimum Gasteiger partial charge on any atom is -0.490 e. The first-order chi connectivity index (χ1) is 10.3. The van der Waals surface area contributed by atoms with Crippen molar-refractivity contribution < 1.29 is 9.47 Å². The van der Waals surface area contributed by atoms with E-state index < -0.39 is 0 Å². The standard InChI is InChI=1S/C17H27NO2S/c1-4-18-17(14-9-10-21-12-14)13-7-8-15(19-5-2)16(11-13)20-6-3/h7-8,11,14,17-18H,4-6,9-10,12H2,1-3H3. The second kappa shape index (κ2) is 8.54. The highest BCUT2D eigenvalue weighted by Crippen LogP contribution is 2.37. The fraction of sp³-hybridized carbons (Fsp3) is 0.647. The van der Waals surface area contributed by atoms with Gasteiger partial charge >= 0.3 is 0 Å². The van der Waals surface area contributed by atoms with Gasteiger partial charge in [-0.15, -0.1) is 0 Å². The zero-order valence-electron chi connectivity index (χ0n) is 13.4. The van der Waals surface area contributed by atoms with Crippen molar-refractivity contribution in [2.45, 2.75) is 33.2 Å². The summed E-state index contributed by atoms with van der Waals surface area (Å²) in [4.78, 5) is 0. The molecule has 1 N–H and O–H groups in total. The van der Waals surface area contributed by atoms with Crippen LogP contribution in [-0.2, 0) is 0 Å². The van der Waals surface area contributed by atoms with E-state index >= 15 is 0 Å². The van der Waals surface area contributed by atoms with Gasteiger partial charge in [0.15, 0.2) is 11.5 Å². The molecular formula is C17H27NO2S. The Hall–Kier alpha value is -0.870. The first-order valence-corrected chi connectivity index (χ1v) is 9.16. The van der Waals surface area contributed by atoms with Crippen LogP contribution in [0, 0.1) is 5.92 Å². The number of hydrogen-bond donors (Lipinski definition) is 1. The molecule has 2 unspecified atom stereocenters. The molecule has 0 radical (unpaired) electrons. The molecule has 2 atom stereocenters. The van der Waals surface area contributed by atoms with Crippen molar-refractivity contribution in [1.82, 2.24) is 5.32 Å². The van der Waals surface area contributed by atoms with Gasteiger partial charge in [-0.1, -0.05) is 13.0 Å². The first kappa shape index (κ1) is 16.5. The Morgan fingerprint density at radius 3 is 2.57 bits per heavy atom. The quantitative estimate of drug-likeness (QED) is 0.789. The van der Waals surface area contributed by atoms with E-state index in [-0.39, 0.29) is 0 Å². The van der Waals surface area contributed by atoms with Gasteiger partial charge in [0.25, 0.3) is 0 Å². The van der Waals surface area contributed by atoms with Gasteiger partial charge in [-0.05, 0) is 61.9 Å². The fourth-order valence-corrected chi connectivity index (χ4v) is 4.15. The van der Waals surface area contributed by atoms with Crippen molar-refractivity contribution in [2.75, 3.05) is 31.3 Å². The molecule has 0 aliphatic carbocycles. The van der Waals surface area contributed by atoms with Gasteiger partial charge in [-0.2, -0.15) is 11.8 Å². The summed E-state index contributed by atoms with van der Waals surface area (Å²) in [6.45, 7) is 8.50. The van der Waals surface area contributed by atoms with Gasteiger partial charge in [0.2, 0.25) is 0 Å². The maximum absolute atomic E-state index is 5.76. The molecule has 1 aliphatic heterocycles. The van der Waals surface area contributed by atoms with Gasteiger partial charge in [-0.25, -0.2) is 0 Å². The third-order valence-electron chi connectivity index (χ3n) is 3.79. The lowest BCUT2D eigenvalue weighted by atomic mass is 9.92. The number of thioether (sulfide) groups is 1. The molecular weight excluding hydrogens is 282 g/mol. The van der Waals surface area contributed by atoms with Crippen molar-refractivity contribution in [3.63, 3.8) is 0 Å². The minimum absolute atomic E-state index is 0.417. The van der Waals surface area contributed by atoms with E-state index in [1.54, 1.807) is 0 Å². The van der Waals surface area contributed by atoms with Crippen molar-refractivity contribution in [3.05, 3.63) is 23.8 Å². The zero-order chi connectivity index (χ0) is 15.1. The molecule has 1 heterocycles. The van der Waals surface area contributed by atoms with Gasteiger partial charge in [0.05, 0.1) is 13.2 Å². The maximum Gasteiger partial charge on any atom is 0.161 e. The van der Waals surface area contributed by atoms with Gasteiger partial charge in [0.1, 0.15) is 0 Å². The highest BCUT2D eigenvalue weighted by molar-refractivity contribution is 7.99. The number of hydrogen-bond acceptors (Lipinski definition) is 4. The molecule has 118 valence electrons. The van der Waals surface area contributed by atoms with Crippen LogP contribution in [0.2, 0.25) is 0 Å². The fourth-order valence-electron chi connectivity index (χ4n) is 2.85. The summed E-state index contributed by atoms with van der Waals surface area (Å²) in [5.41, 5.74) is 1.32. The lowest BCUT2D eigenvalue weighted by Gasteiger charge is -2.25. The van der Waals surface area contributed by atoms with Crippen molar-refractivity contribution >= 4 is 11.8 Å². The van der Waals surface area contributed by atoms with Gasteiger partial charge < -0.3 is 14.8 Å². The summed E-state index contributed by atoms with van der Waals surface area (Å²) in [6, 6.07) is 6.81. The van der Waals surface area contributed by atoms with E-state index in [2.05, 4.69) is 42.2 Å². The Kier molecular flexibility index (Phi) is 6.71. The average molecular weight is 309 g/mol. The maximum atomic E-state index is 5.76. The topological polar surface area (TPSA) is 30.5 Å². The van der Waals surface area contributed by atoms with Crippen LogP contribution in [0.1, 0.15) is 38.8 Å². The van der Waals surface area contributed by atoms with E-state index in [1.165, 1.54) is 23.5 Å². The van der Waals surface area contributed by atoms with Crippen LogP contribution < -0.4 is 14.8 Å². The van der Waals surface area contributed by atoms with E-state index in [4.69, 9.17) is 9.47 Å². The molecule has 2 rings (SSSR count). The molecule has 3 nitrogen and oxygen atoms in total. The molecule has 1 aromatic rings. The van der Waals surface area contributed by atoms with Crippen molar-refractivity contribution in [2.24, 2.45) is 5.92 Å². The summed E-state index contributed by atoms with van der Waals surface area (Å²) >= 11 is 2.06. The molecule has 4 heteroatoms. The van der Waals surface area contributed by atoms with Gasteiger partial charge in [0, 0.05) is 6.04 Å². The number of ether oxygens (including phenoxy) is 2. The molecule has 1 aromatic carbocycles. The summed E-state index contributed by atoms with van der Waals surface area (Å²) in [7, 11) is 0. The lowest BCUT2D eigenvalue weighted by molar-refractivity contribution is 0.286. The van der Waals surface area contributed by atoms with Crippen molar-refractivity contribution in [3.8, 4) is 11.5 Å². The molecule has 1 fully saturated rings. The Labute approximate surface area is 132 Å². The summed E-state index contributed by atoms with van der Waals surface area (Å²) in [5, 5.41) is 3.65. The molecule has 0 aromatic heterocycles. The smallest absolute Gasteiger partial charge is 0.161 e. The molecule has 0 saturated carbocycles. The van der Waals surface area contributed by atoms with Crippen LogP contribution >= 0.6 is 11.8 Å². The highest BCUT2D eigenvalue weighted by atomic mass is 32.2. The van der Waals surface area contributed by atoms with Crippen LogP contribution in [0.15, 0.2) is 18.2 Å². The summed E-state index contributed by atoms with van der Waals surface area (Å²) in [6.07, 6.45) is 1.29. The third-order valence-corrected chi connectivity index (χ3v) is 4.98. The minimum atomic E-state index is 0.417. The number of rotatable bonds is 8. The molecule has 1 aliphatic rings. The summed E-state index contributed by atoms with van der Waals surface area (Å²) < 4.78 is 11.4. The van der Waals surface area contributed by atoms with Crippen LogP contribution in [-0.4, -0.2) is 31.3 Å². The van der Waals surface area contributed by atoms with Crippen molar-refractivity contribution in [1.29, 1.82) is 0 Å². The summed E-state index contributed by atoms with van der Waals surface area (Å²) in [5.74, 6) is 4.95. The Balaban J connectivity index is 2.24. The third kappa shape index (κ3) is 4.30. The van der Waals surface area contributed by atoms with Crippen LogP contribution in [0.4, 0.5) is 0 Å². The second-order valence-corrected chi connectivity index (χ2v) is 6.38. The van der Waals surface area contributed by atoms with E-state index in [1.807, 2.05) is 13.8 Å². The van der Waals surface area contributed by atoms with E-state index in [0.717, 1.165) is 18.0 Å². The first-order valence-electron chi connectivity index (χ1n) is 8.00. The van der Waals surface area contributed by atoms with Crippen LogP contribution in [0.5, 0.6) is 11.5 Å². The van der Waals surface area contributed by atoms with E-state index in [0.29, 0.717) is 25.2 Å². The van der Waals surface area contributed by atoms with Crippen LogP contribution in [0.25, 0.3) is 0 Å². The Morgan fingerprint density at radius 2 is 1.95 bits per heavy atom. The molecule has 0 amide bonds. The predicted molar refractivity (Wildman–Crippen MR) is 90.6 cm³/mol. The average Bonchev–Trinajstić information content (AvgIpc) is 3.01. The SMILES string of the molecule is CCNC(c1ccc(OCC)c(OCC)c1)C1CCSC1. The monoisotopic (exact) mass is 309 g/mol. The predicted octanol–water partition coefficient (Wildman–Crippen LogP) is 3.89. The molecule has 0 bridgehead atoms. The van der Waals surface area contributed by atoms with E-state index in [9.17, 15) is 0 Å². The van der Waals surface area contributed by atoms with Gasteiger partial charge in [-0.3, -0.25) is 0 Å². The zero-order valence-corrected chi connectivity index (χ0v) is 14.2. The largest absolute Gasteiger partial charge is 0.490 e. The Morgan fingerprint density at radius 1 is 1.19 bits per heavy atom. The molecule has 1 saturated heterocycles. The highest BCUT2D eigenvalue weighted by Gasteiger charge is 2.26. The Bertz CT molecular complexity index is 433. The normalized spacial score (nSPS) is 19.5. The number of benzene rings is 1.